The second-order valence-electron chi connectivity index (χ2n) is 4.28. The minimum Gasteiger partial charge on any atom is -0.456 e. The molecule has 1 aromatic heterocycles. The second-order valence-corrected chi connectivity index (χ2v) is 4.28. The molecule has 0 radical (unpaired) electrons. The summed E-state index contributed by atoms with van der Waals surface area (Å²) in [7, 11) is 6.12. The zero-order valence-electron chi connectivity index (χ0n) is 9.30. The molecule has 5 heteroatoms. The van der Waals surface area contributed by atoms with Crippen LogP contribution in [0.3, 0.4) is 0 Å². The first-order chi connectivity index (χ1) is 6.99. The number of hydrogen-bond acceptors (Lipinski definition) is 4. The third kappa shape index (κ3) is 4.51. The van der Waals surface area contributed by atoms with Gasteiger partial charge in [0.05, 0.1) is 26.7 Å². The number of nitrogens with zero attached hydrogens (tertiary/aromatic N) is 3. The molecule has 0 bridgehead atoms. The van der Waals surface area contributed by atoms with Gasteiger partial charge in [0.1, 0.15) is 19.5 Å². The molecule has 0 atom stereocenters. The number of rotatable bonds is 4. The van der Waals surface area contributed by atoms with Crippen molar-refractivity contribution in [1.29, 1.82) is 0 Å². The van der Waals surface area contributed by atoms with Gasteiger partial charge in [-0.05, 0) is 0 Å². The molecule has 0 aliphatic rings. The van der Waals surface area contributed by atoms with Gasteiger partial charge in [0.15, 0.2) is 0 Å². The van der Waals surface area contributed by atoms with Crippen LogP contribution in [0.2, 0.25) is 0 Å². The Hall–Kier alpha value is -1.49. The molecule has 0 saturated carbocycles. The highest BCUT2D eigenvalue weighted by molar-refractivity contribution is 5.88. The molecule has 0 spiro atoms. The highest BCUT2D eigenvalue weighted by Crippen LogP contribution is 1.97. The number of esters is 1. The van der Waals surface area contributed by atoms with Crippen LogP contribution in [0.5, 0.6) is 0 Å². The summed E-state index contributed by atoms with van der Waals surface area (Å²) in [6.07, 6.45) is 4.27. The van der Waals surface area contributed by atoms with E-state index >= 15 is 0 Å². The molecule has 1 aromatic rings. The van der Waals surface area contributed by atoms with Crippen molar-refractivity contribution >= 4 is 5.97 Å². The van der Waals surface area contributed by atoms with Gasteiger partial charge in [-0.25, -0.2) is 14.8 Å². The molecule has 5 nitrogen and oxygen atoms in total. The Bertz CT molecular complexity index is 319. The zero-order chi connectivity index (χ0) is 11.3. The fourth-order valence-corrected chi connectivity index (χ4v) is 0.900. The summed E-state index contributed by atoms with van der Waals surface area (Å²) in [5.41, 5.74) is 0.388. The van der Waals surface area contributed by atoms with Gasteiger partial charge in [-0.2, -0.15) is 0 Å². The van der Waals surface area contributed by atoms with Crippen molar-refractivity contribution in [3.63, 3.8) is 0 Å². The molecule has 1 rings (SSSR count). The van der Waals surface area contributed by atoms with Crippen LogP contribution in [0.25, 0.3) is 0 Å². The molecule has 0 fully saturated rings. The third-order valence-corrected chi connectivity index (χ3v) is 1.79. The maximum atomic E-state index is 11.4. The number of quaternary nitrogens is 1. The molecule has 0 aliphatic carbocycles. The van der Waals surface area contributed by atoms with Crippen LogP contribution < -0.4 is 0 Å². The van der Waals surface area contributed by atoms with Gasteiger partial charge in [0.2, 0.25) is 0 Å². The van der Waals surface area contributed by atoms with E-state index in [0.717, 1.165) is 11.0 Å². The standard InChI is InChI=1S/C10H16N3O2/c1-13(2,3)4-5-15-10(14)9-6-11-8-12-7-9/h6-8H,4-5H2,1-3H3/q+1. The fraction of sp³-hybridized carbons (Fsp3) is 0.500. The Balaban J connectivity index is 2.38. The lowest BCUT2D eigenvalue weighted by atomic mass is 10.3. The van der Waals surface area contributed by atoms with Gasteiger partial charge in [-0.3, -0.25) is 0 Å². The van der Waals surface area contributed by atoms with Crippen molar-refractivity contribution in [2.75, 3.05) is 34.3 Å². The van der Waals surface area contributed by atoms with Gasteiger partial charge in [0.25, 0.3) is 0 Å². The lowest BCUT2D eigenvalue weighted by Gasteiger charge is -2.23. The lowest BCUT2D eigenvalue weighted by Crippen LogP contribution is -2.38. The summed E-state index contributed by atoms with van der Waals surface area (Å²) < 4.78 is 5.83. The minimum absolute atomic E-state index is 0.371. The molecule has 82 valence electrons. The van der Waals surface area contributed by atoms with E-state index in [-0.39, 0.29) is 5.97 Å². The molecule has 0 N–H and O–H groups in total. The number of likely N-dealkylation sites (N-methyl/N-ethyl adjacent to an activating group) is 1. The van der Waals surface area contributed by atoms with Crippen molar-refractivity contribution in [3.05, 3.63) is 24.3 Å². The number of carbonyl (C=O) groups is 1. The van der Waals surface area contributed by atoms with Crippen LogP contribution >= 0.6 is 0 Å². The first-order valence-corrected chi connectivity index (χ1v) is 4.71. The van der Waals surface area contributed by atoms with Gasteiger partial charge in [-0.15, -0.1) is 0 Å². The summed E-state index contributed by atoms with van der Waals surface area (Å²) >= 11 is 0. The summed E-state index contributed by atoms with van der Waals surface area (Å²) in [5.74, 6) is -0.371. The normalized spacial score (nSPS) is 11.1. The Labute approximate surface area is 89.3 Å². The summed E-state index contributed by atoms with van der Waals surface area (Å²) in [6.45, 7) is 1.18. The molecule has 0 aliphatic heterocycles. The van der Waals surface area contributed by atoms with E-state index in [1.54, 1.807) is 0 Å². The van der Waals surface area contributed by atoms with E-state index < -0.39 is 0 Å². The molecular formula is C10H16N3O2+. The highest BCUT2D eigenvalue weighted by Gasteiger charge is 2.11. The Morgan fingerprint density at radius 2 is 1.93 bits per heavy atom. The highest BCUT2D eigenvalue weighted by atomic mass is 16.5. The fourth-order valence-electron chi connectivity index (χ4n) is 0.900. The predicted octanol–water partition coefficient (Wildman–Crippen LogP) is 0.340. The largest absolute Gasteiger partial charge is 0.456 e. The maximum Gasteiger partial charge on any atom is 0.341 e. The summed E-state index contributed by atoms with van der Waals surface area (Å²) in [4.78, 5) is 18.9. The van der Waals surface area contributed by atoms with Crippen LogP contribution in [0.1, 0.15) is 10.4 Å². The Morgan fingerprint density at radius 3 is 2.47 bits per heavy atom. The van der Waals surface area contributed by atoms with E-state index in [0.29, 0.717) is 12.2 Å². The summed E-state index contributed by atoms with van der Waals surface area (Å²) in [5, 5.41) is 0. The number of aromatic nitrogens is 2. The van der Waals surface area contributed by atoms with E-state index in [1.807, 2.05) is 21.1 Å². The summed E-state index contributed by atoms with van der Waals surface area (Å²) in [6, 6.07) is 0. The van der Waals surface area contributed by atoms with Gasteiger partial charge in [-0.1, -0.05) is 0 Å². The first-order valence-electron chi connectivity index (χ1n) is 4.71. The molecule has 0 aromatic carbocycles. The van der Waals surface area contributed by atoms with Crippen molar-refractivity contribution in [3.8, 4) is 0 Å². The first kappa shape index (κ1) is 11.6. The van der Waals surface area contributed by atoms with Gasteiger partial charge >= 0.3 is 5.97 Å². The van der Waals surface area contributed by atoms with Crippen molar-refractivity contribution in [2.45, 2.75) is 0 Å². The Morgan fingerprint density at radius 1 is 1.33 bits per heavy atom. The monoisotopic (exact) mass is 210 g/mol. The van der Waals surface area contributed by atoms with Gasteiger partial charge < -0.3 is 9.22 Å². The third-order valence-electron chi connectivity index (χ3n) is 1.79. The molecule has 0 saturated heterocycles. The molecular weight excluding hydrogens is 194 g/mol. The smallest absolute Gasteiger partial charge is 0.341 e. The van der Waals surface area contributed by atoms with E-state index in [4.69, 9.17) is 4.74 Å². The average Bonchev–Trinajstić information content (AvgIpc) is 2.17. The van der Waals surface area contributed by atoms with Crippen LogP contribution in [0, 0.1) is 0 Å². The van der Waals surface area contributed by atoms with E-state index in [1.165, 1.54) is 18.7 Å². The molecule has 0 amide bonds. The van der Waals surface area contributed by atoms with Gasteiger partial charge in [0, 0.05) is 12.4 Å². The van der Waals surface area contributed by atoms with Crippen LogP contribution in [0.4, 0.5) is 0 Å². The lowest BCUT2D eigenvalue weighted by molar-refractivity contribution is -0.870. The SMILES string of the molecule is C[N+](C)(C)CCOC(=O)c1cncnc1. The molecule has 15 heavy (non-hydrogen) atoms. The topological polar surface area (TPSA) is 52.1 Å². The molecule has 1 heterocycles. The van der Waals surface area contributed by atoms with Crippen molar-refractivity contribution < 1.29 is 14.0 Å². The Kier molecular flexibility index (Phi) is 3.74. The number of hydrogen-bond donors (Lipinski definition) is 0. The quantitative estimate of drug-likeness (QED) is 0.531. The van der Waals surface area contributed by atoms with Crippen molar-refractivity contribution in [1.82, 2.24) is 9.97 Å². The van der Waals surface area contributed by atoms with Crippen LogP contribution in [0.15, 0.2) is 18.7 Å². The van der Waals surface area contributed by atoms with Crippen LogP contribution in [-0.4, -0.2) is 54.7 Å². The van der Waals surface area contributed by atoms with E-state index in [2.05, 4.69) is 9.97 Å². The van der Waals surface area contributed by atoms with E-state index in [9.17, 15) is 4.79 Å². The molecule has 0 unspecified atom stereocenters. The second kappa shape index (κ2) is 4.84. The predicted molar refractivity (Wildman–Crippen MR) is 55.2 cm³/mol. The number of ether oxygens (including phenoxy) is 1. The minimum atomic E-state index is -0.371. The van der Waals surface area contributed by atoms with Crippen molar-refractivity contribution in [2.24, 2.45) is 0 Å². The maximum absolute atomic E-state index is 11.4. The average molecular weight is 210 g/mol. The van der Waals surface area contributed by atoms with Crippen LogP contribution in [-0.2, 0) is 4.74 Å². The zero-order valence-corrected chi connectivity index (χ0v) is 9.30. The number of carbonyl (C=O) groups excluding carboxylic acids is 1.